The van der Waals surface area contributed by atoms with Crippen molar-refractivity contribution in [1.82, 2.24) is 15.8 Å². The van der Waals surface area contributed by atoms with E-state index in [1.54, 1.807) is 62.5 Å². The molecule has 1 heterocycles. The van der Waals surface area contributed by atoms with Gasteiger partial charge in [-0.15, -0.1) is 0 Å². The zero-order chi connectivity index (χ0) is 24.9. The van der Waals surface area contributed by atoms with E-state index in [0.29, 0.717) is 44.2 Å². The molecule has 0 atom stereocenters. The average Bonchev–Trinajstić information content (AvgIpc) is 3.68. The summed E-state index contributed by atoms with van der Waals surface area (Å²) in [5.41, 5.74) is 8.24. The first-order chi connectivity index (χ1) is 16.8. The van der Waals surface area contributed by atoms with Crippen molar-refractivity contribution in [1.29, 1.82) is 0 Å². The average molecular weight is 487 g/mol. The molecule has 1 saturated carbocycles. The molecule has 0 bridgehead atoms. The highest BCUT2D eigenvalue weighted by atomic mass is 35.5. The van der Waals surface area contributed by atoms with Gasteiger partial charge in [-0.2, -0.15) is 0 Å². The van der Waals surface area contributed by atoms with Gasteiger partial charge in [-0.3, -0.25) is 25.2 Å². The lowest BCUT2D eigenvalue weighted by molar-refractivity contribution is -0.117. The minimum atomic E-state index is -0.501. The Kier molecular flexibility index (Phi) is 7.14. The third-order valence-corrected chi connectivity index (χ3v) is 5.94. The van der Waals surface area contributed by atoms with Crippen LogP contribution in [0, 0.1) is 31.6 Å². The van der Waals surface area contributed by atoms with Crippen LogP contribution in [0.15, 0.2) is 54.7 Å². The van der Waals surface area contributed by atoms with Crippen LogP contribution in [-0.4, -0.2) is 22.7 Å². The van der Waals surface area contributed by atoms with Gasteiger partial charge < -0.3 is 5.32 Å². The molecule has 0 saturated heterocycles. The van der Waals surface area contributed by atoms with E-state index in [2.05, 4.69) is 33.0 Å². The van der Waals surface area contributed by atoms with E-state index in [1.807, 2.05) is 6.07 Å². The molecule has 0 spiro atoms. The number of aromatic nitrogens is 1. The van der Waals surface area contributed by atoms with Gasteiger partial charge in [-0.25, -0.2) is 4.98 Å². The van der Waals surface area contributed by atoms with Crippen molar-refractivity contribution < 1.29 is 14.4 Å². The maximum Gasteiger partial charge on any atom is 0.271 e. The molecule has 0 radical (unpaired) electrons. The fourth-order valence-corrected chi connectivity index (χ4v) is 3.74. The first kappa shape index (κ1) is 24.0. The second kappa shape index (κ2) is 10.4. The summed E-state index contributed by atoms with van der Waals surface area (Å²) in [5, 5.41) is 3.09. The molecule has 0 unspecified atom stereocenters. The van der Waals surface area contributed by atoms with Crippen LogP contribution >= 0.6 is 11.6 Å². The van der Waals surface area contributed by atoms with Crippen LogP contribution in [0.5, 0.6) is 0 Å². The fourth-order valence-electron chi connectivity index (χ4n) is 3.43. The Morgan fingerprint density at radius 2 is 1.69 bits per heavy atom. The Bertz CT molecular complexity index is 1350. The Morgan fingerprint density at radius 1 is 0.943 bits per heavy atom. The molecule has 35 heavy (non-hydrogen) atoms. The predicted octanol–water partition coefficient (Wildman–Crippen LogP) is 4.17. The normalized spacial score (nSPS) is 12.2. The highest BCUT2D eigenvalue weighted by Gasteiger charge is 2.29. The Morgan fingerprint density at radius 3 is 2.37 bits per heavy atom. The van der Waals surface area contributed by atoms with E-state index < -0.39 is 11.8 Å². The number of amides is 3. The molecule has 1 aliphatic carbocycles. The highest BCUT2D eigenvalue weighted by Crippen LogP contribution is 2.29. The second-order valence-corrected chi connectivity index (χ2v) is 8.67. The topological polar surface area (TPSA) is 100 Å². The van der Waals surface area contributed by atoms with Crippen molar-refractivity contribution in [2.75, 3.05) is 5.32 Å². The minimum Gasteiger partial charge on any atom is -0.310 e. The number of aryl methyl sites for hydroxylation is 1. The number of pyridine rings is 1. The lowest BCUT2D eigenvalue weighted by Gasteiger charge is -2.12. The number of anilines is 1. The van der Waals surface area contributed by atoms with Gasteiger partial charge >= 0.3 is 0 Å². The van der Waals surface area contributed by atoms with Gasteiger partial charge in [0.15, 0.2) is 0 Å². The van der Waals surface area contributed by atoms with Crippen LogP contribution in [0.1, 0.15) is 55.8 Å². The van der Waals surface area contributed by atoms with Crippen LogP contribution in [0.3, 0.4) is 0 Å². The maximum atomic E-state index is 12.7. The summed E-state index contributed by atoms with van der Waals surface area (Å²) in [7, 11) is 0. The zero-order valence-electron chi connectivity index (χ0n) is 19.2. The van der Waals surface area contributed by atoms with Crippen molar-refractivity contribution in [2.24, 2.45) is 5.92 Å². The van der Waals surface area contributed by atoms with Crippen LogP contribution < -0.4 is 16.2 Å². The number of hydrogen-bond acceptors (Lipinski definition) is 4. The molecule has 2 aromatic carbocycles. The van der Waals surface area contributed by atoms with Crippen LogP contribution in [0.2, 0.25) is 5.02 Å². The summed E-state index contributed by atoms with van der Waals surface area (Å²) >= 11 is 6.12. The van der Waals surface area contributed by atoms with Gasteiger partial charge in [0.25, 0.3) is 11.8 Å². The summed E-state index contributed by atoms with van der Waals surface area (Å²) in [6, 6.07) is 13.8. The monoisotopic (exact) mass is 486 g/mol. The molecule has 3 aromatic rings. The van der Waals surface area contributed by atoms with Gasteiger partial charge in [0.2, 0.25) is 5.91 Å². The summed E-state index contributed by atoms with van der Waals surface area (Å²) in [6.45, 7) is 3.55. The summed E-state index contributed by atoms with van der Waals surface area (Å²) in [6.07, 6.45) is 3.45. The third kappa shape index (κ3) is 5.86. The number of carbonyl (C=O) groups is 3. The van der Waals surface area contributed by atoms with Crippen molar-refractivity contribution in [3.63, 3.8) is 0 Å². The standard InChI is InChI=1S/C27H23ClN4O3/c1-16-5-3-8-22(28)24(16)27(35)32-31-26(34)21-7-4-6-19(17(21)2)11-9-18-10-14-23(29-15-18)30-25(33)20-12-13-20/h3-8,10,14-15,20H,12-13H2,1-2H3,(H,31,34)(H,32,35)(H,29,30,33). The number of benzene rings is 2. The molecule has 4 rings (SSSR count). The van der Waals surface area contributed by atoms with Crippen molar-refractivity contribution in [3.8, 4) is 11.8 Å². The van der Waals surface area contributed by atoms with Gasteiger partial charge in [-0.1, -0.05) is 41.6 Å². The molecule has 1 fully saturated rings. The number of hydrogen-bond donors (Lipinski definition) is 3. The van der Waals surface area contributed by atoms with Gasteiger partial charge in [0, 0.05) is 28.8 Å². The van der Waals surface area contributed by atoms with E-state index in [4.69, 9.17) is 11.6 Å². The first-order valence-electron chi connectivity index (χ1n) is 11.1. The van der Waals surface area contributed by atoms with Crippen LogP contribution in [-0.2, 0) is 4.79 Å². The lowest BCUT2D eigenvalue weighted by atomic mass is 10.0. The summed E-state index contributed by atoms with van der Waals surface area (Å²) in [5.74, 6) is 5.72. The van der Waals surface area contributed by atoms with Gasteiger partial charge in [0.1, 0.15) is 5.82 Å². The Labute approximate surface area is 208 Å². The van der Waals surface area contributed by atoms with Gasteiger partial charge in [-0.05, 0) is 68.1 Å². The van der Waals surface area contributed by atoms with Crippen molar-refractivity contribution in [2.45, 2.75) is 26.7 Å². The lowest BCUT2D eigenvalue weighted by Crippen LogP contribution is -2.42. The number of halogens is 1. The zero-order valence-corrected chi connectivity index (χ0v) is 20.0. The Hall–Kier alpha value is -4.15. The number of carbonyl (C=O) groups excluding carboxylic acids is 3. The summed E-state index contributed by atoms with van der Waals surface area (Å²) < 4.78 is 0. The minimum absolute atomic E-state index is 0.000223. The Balaban J connectivity index is 1.42. The molecular weight excluding hydrogens is 464 g/mol. The van der Waals surface area contributed by atoms with E-state index in [-0.39, 0.29) is 11.8 Å². The molecule has 7 nitrogen and oxygen atoms in total. The van der Waals surface area contributed by atoms with Crippen LogP contribution in [0.4, 0.5) is 5.82 Å². The number of hydrazine groups is 1. The van der Waals surface area contributed by atoms with E-state index in [0.717, 1.165) is 12.8 Å². The molecule has 3 amide bonds. The highest BCUT2D eigenvalue weighted by molar-refractivity contribution is 6.34. The number of nitrogens with one attached hydrogen (secondary N) is 3. The molecule has 1 aromatic heterocycles. The molecule has 8 heteroatoms. The molecule has 0 aliphatic heterocycles. The first-order valence-corrected chi connectivity index (χ1v) is 11.5. The maximum absolute atomic E-state index is 12.7. The summed E-state index contributed by atoms with van der Waals surface area (Å²) in [4.78, 5) is 41.3. The second-order valence-electron chi connectivity index (χ2n) is 8.26. The molecule has 1 aliphatic rings. The van der Waals surface area contributed by atoms with E-state index in [1.165, 1.54) is 0 Å². The third-order valence-electron chi connectivity index (χ3n) is 5.62. The van der Waals surface area contributed by atoms with Crippen LogP contribution in [0.25, 0.3) is 0 Å². The van der Waals surface area contributed by atoms with Crippen molar-refractivity contribution in [3.05, 3.63) is 93.1 Å². The smallest absolute Gasteiger partial charge is 0.271 e. The number of nitrogens with zero attached hydrogens (tertiary/aromatic N) is 1. The fraction of sp³-hybridized carbons (Fsp3) is 0.185. The number of rotatable bonds is 4. The van der Waals surface area contributed by atoms with Crippen molar-refractivity contribution >= 4 is 35.1 Å². The SMILES string of the molecule is Cc1cccc(Cl)c1C(=O)NNC(=O)c1cccc(C#Cc2ccc(NC(=O)C3CC3)nc2)c1C. The predicted molar refractivity (Wildman–Crippen MR) is 134 cm³/mol. The molecule has 176 valence electrons. The molecular formula is C27H23ClN4O3. The molecule has 3 N–H and O–H groups in total. The van der Waals surface area contributed by atoms with E-state index >= 15 is 0 Å². The van der Waals surface area contributed by atoms with Gasteiger partial charge in [0.05, 0.1) is 10.6 Å². The largest absolute Gasteiger partial charge is 0.310 e. The quantitative estimate of drug-likeness (QED) is 0.380. The van der Waals surface area contributed by atoms with E-state index in [9.17, 15) is 14.4 Å².